The number of carbonyl (C=O) groups excluding carboxylic acids is 1. The number of benzene rings is 2. The summed E-state index contributed by atoms with van der Waals surface area (Å²) < 4.78 is 32.1. The van der Waals surface area contributed by atoms with Crippen LogP contribution < -0.4 is 9.62 Å². The van der Waals surface area contributed by atoms with E-state index in [0.29, 0.717) is 22.8 Å². The van der Waals surface area contributed by atoms with E-state index in [2.05, 4.69) is 11.4 Å². The lowest BCUT2D eigenvalue weighted by atomic mass is 9.96. The molecule has 0 saturated carbocycles. The van der Waals surface area contributed by atoms with Crippen LogP contribution >= 0.6 is 0 Å². The van der Waals surface area contributed by atoms with Crippen LogP contribution in [0.4, 0.5) is 5.69 Å². The molecule has 2 aromatic rings. The van der Waals surface area contributed by atoms with Crippen LogP contribution in [0.15, 0.2) is 52.3 Å². The molecule has 0 radical (unpaired) electrons. The molecule has 32 heavy (non-hydrogen) atoms. The third-order valence-corrected chi connectivity index (χ3v) is 7.96. The number of carbonyl (C=O) groups is 1. The van der Waals surface area contributed by atoms with Crippen molar-refractivity contribution < 1.29 is 17.9 Å². The minimum Gasteiger partial charge on any atom is -0.466 e. The first-order valence-corrected chi connectivity index (χ1v) is 13.7. The maximum atomic E-state index is 13.3. The standard InChI is InChI=1S/C24H32N2O4S2/c1-4-30-23(27)13-7-5-6-10-16-25-24-19-11-8-9-12-21(19)26(2)32(29)22-17-18(31(3)28)14-15-20(22)24/h8-9,11-12,14-15,17,24-25H,4-7,10,13,16H2,1-3H3. The molecule has 6 nitrogen and oxygen atoms in total. The number of anilines is 1. The van der Waals surface area contributed by atoms with Gasteiger partial charge in [-0.15, -0.1) is 0 Å². The van der Waals surface area contributed by atoms with E-state index < -0.39 is 21.8 Å². The number of fused-ring (bicyclic) bond motifs is 2. The third kappa shape index (κ3) is 5.85. The zero-order chi connectivity index (χ0) is 23.1. The summed E-state index contributed by atoms with van der Waals surface area (Å²) in [5, 5.41) is 3.66. The molecular weight excluding hydrogens is 444 g/mol. The molecule has 1 heterocycles. The predicted octanol–water partition coefficient (Wildman–Crippen LogP) is 4.09. The molecule has 1 aliphatic heterocycles. The molecule has 174 valence electrons. The number of hydrogen-bond donors (Lipinski definition) is 1. The summed E-state index contributed by atoms with van der Waals surface area (Å²) in [6, 6.07) is 13.5. The molecule has 0 saturated heterocycles. The van der Waals surface area contributed by atoms with Gasteiger partial charge in [-0.1, -0.05) is 37.1 Å². The summed E-state index contributed by atoms with van der Waals surface area (Å²) in [4.78, 5) is 12.8. The van der Waals surface area contributed by atoms with Gasteiger partial charge < -0.3 is 10.1 Å². The molecule has 3 unspecified atom stereocenters. The molecule has 8 heteroatoms. The molecule has 3 atom stereocenters. The van der Waals surface area contributed by atoms with Crippen LogP contribution in [0.1, 0.15) is 56.2 Å². The van der Waals surface area contributed by atoms with Gasteiger partial charge in [0.25, 0.3) is 0 Å². The Hall–Kier alpha value is -2.03. The average Bonchev–Trinajstić information content (AvgIpc) is 2.87. The Bertz CT molecular complexity index is 996. The van der Waals surface area contributed by atoms with Crippen LogP contribution in [-0.2, 0) is 31.3 Å². The number of nitrogens with zero attached hydrogens (tertiary/aromatic N) is 1. The van der Waals surface area contributed by atoms with Crippen LogP contribution in [0.25, 0.3) is 0 Å². The van der Waals surface area contributed by atoms with Gasteiger partial charge in [-0.25, -0.2) is 4.21 Å². The molecule has 0 aliphatic carbocycles. The van der Waals surface area contributed by atoms with Crippen molar-refractivity contribution in [2.24, 2.45) is 0 Å². The summed E-state index contributed by atoms with van der Waals surface area (Å²) in [5.41, 5.74) is 2.96. The summed E-state index contributed by atoms with van der Waals surface area (Å²) in [6.45, 7) is 3.06. The predicted molar refractivity (Wildman–Crippen MR) is 130 cm³/mol. The van der Waals surface area contributed by atoms with Crippen molar-refractivity contribution in [2.75, 3.05) is 30.8 Å². The lowest BCUT2D eigenvalue weighted by Gasteiger charge is -2.22. The molecule has 1 aliphatic rings. The number of hydrogen-bond acceptors (Lipinski definition) is 5. The van der Waals surface area contributed by atoms with Gasteiger partial charge in [0, 0.05) is 35.4 Å². The van der Waals surface area contributed by atoms with Gasteiger partial charge in [0.2, 0.25) is 0 Å². The van der Waals surface area contributed by atoms with E-state index in [4.69, 9.17) is 4.74 Å². The van der Waals surface area contributed by atoms with Crippen molar-refractivity contribution in [1.82, 2.24) is 5.32 Å². The van der Waals surface area contributed by atoms with E-state index >= 15 is 0 Å². The van der Waals surface area contributed by atoms with E-state index in [1.165, 1.54) is 0 Å². The van der Waals surface area contributed by atoms with Gasteiger partial charge in [0.05, 0.1) is 23.2 Å². The maximum Gasteiger partial charge on any atom is 0.305 e. The Kier molecular flexibility index (Phi) is 9.02. The summed E-state index contributed by atoms with van der Waals surface area (Å²) >= 11 is 0. The number of unbranched alkanes of at least 4 members (excludes halogenated alkanes) is 3. The highest BCUT2D eigenvalue weighted by Crippen LogP contribution is 2.39. The highest BCUT2D eigenvalue weighted by molar-refractivity contribution is 7.86. The van der Waals surface area contributed by atoms with Gasteiger partial charge in [-0.3, -0.25) is 13.3 Å². The van der Waals surface area contributed by atoms with E-state index in [0.717, 1.165) is 49.0 Å². The van der Waals surface area contributed by atoms with Gasteiger partial charge in [-0.05, 0) is 55.6 Å². The quantitative estimate of drug-likeness (QED) is 0.413. The van der Waals surface area contributed by atoms with E-state index in [9.17, 15) is 13.2 Å². The first kappa shape index (κ1) is 24.6. The molecule has 1 N–H and O–H groups in total. The van der Waals surface area contributed by atoms with Crippen molar-refractivity contribution in [3.63, 3.8) is 0 Å². The number of nitrogens with one attached hydrogen (secondary N) is 1. The maximum absolute atomic E-state index is 13.3. The lowest BCUT2D eigenvalue weighted by molar-refractivity contribution is -0.143. The van der Waals surface area contributed by atoms with Gasteiger partial charge in [0.15, 0.2) is 11.0 Å². The number of ether oxygens (including phenoxy) is 1. The van der Waals surface area contributed by atoms with Crippen LogP contribution in [0, 0.1) is 0 Å². The fraction of sp³-hybridized carbons (Fsp3) is 0.458. The topological polar surface area (TPSA) is 75.7 Å². The second-order valence-electron chi connectivity index (χ2n) is 7.82. The Morgan fingerprint density at radius 1 is 1.12 bits per heavy atom. The van der Waals surface area contributed by atoms with E-state index in [-0.39, 0.29) is 12.0 Å². The smallest absolute Gasteiger partial charge is 0.305 e. The monoisotopic (exact) mass is 476 g/mol. The highest BCUT2D eigenvalue weighted by atomic mass is 32.2. The molecule has 0 aromatic heterocycles. The minimum absolute atomic E-state index is 0.103. The van der Waals surface area contributed by atoms with E-state index in [1.54, 1.807) is 10.6 Å². The summed E-state index contributed by atoms with van der Waals surface area (Å²) in [5.74, 6) is -0.123. The zero-order valence-corrected chi connectivity index (χ0v) is 20.6. The number of para-hydroxylation sites is 1. The number of esters is 1. The summed E-state index contributed by atoms with van der Waals surface area (Å²) in [7, 11) is -0.697. The molecule has 0 amide bonds. The fourth-order valence-corrected chi connectivity index (χ4v) is 5.83. The molecular formula is C24H32N2O4S2. The second-order valence-corrected chi connectivity index (χ2v) is 10.7. The highest BCUT2D eigenvalue weighted by Gasteiger charge is 2.30. The Balaban J connectivity index is 1.73. The Labute approximate surface area is 195 Å². The molecule has 3 rings (SSSR count). The normalized spacial score (nSPS) is 18.4. The molecule has 2 aromatic carbocycles. The van der Waals surface area contributed by atoms with Gasteiger partial charge >= 0.3 is 5.97 Å². The number of rotatable bonds is 10. The van der Waals surface area contributed by atoms with Crippen LogP contribution in [0.3, 0.4) is 0 Å². The van der Waals surface area contributed by atoms with Crippen molar-refractivity contribution in [3.05, 3.63) is 53.6 Å². The molecule has 0 spiro atoms. The van der Waals surface area contributed by atoms with Crippen molar-refractivity contribution >= 4 is 33.4 Å². The van der Waals surface area contributed by atoms with Crippen LogP contribution in [0.2, 0.25) is 0 Å². The van der Waals surface area contributed by atoms with Crippen LogP contribution in [0.5, 0.6) is 0 Å². The molecule has 0 bridgehead atoms. The van der Waals surface area contributed by atoms with Crippen molar-refractivity contribution in [1.29, 1.82) is 0 Å². The average molecular weight is 477 g/mol. The SMILES string of the molecule is CCOC(=O)CCCCCCNC1c2ccccc2N(C)S(=O)c2cc(S(C)=O)ccc21. The van der Waals surface area contributed by atoms with Crippen molar-refractivity contribution in [2.45, 2.75) is 54.9 Å². The largest absolute Gasteiger partial charge is 0.466 e. The first-order valence-electron chi connectivity index (χ1n) is 11.0. The summed E-state index contributed by atoms with van der Waals surface area (Å²) in [6.07, 6.45) is 5.94. The third-order valence-electron chi connectivity index (χ3n) is 5.61. The van der Waals surface area contributed by atoms with Crippen molar-refractivity contribution in [3.8, 4) is 0 Å². The Morgan fingerprint density at radius 3 is 2.62 bits per heavy atom. The lowest BCUT2D eigenvalue weighted by Crippen LogP contribution is -2.24. The molecule has 0 fully saturated rings. The second kappa shape index (κ2) is 11.7. The van der Waals surface area contributed by atoms with E-state index in [1.807, 2.05) is 50.4 Å². The van der Waals surface area contributed by atoms with Gasteiger partial charge in [-0.2, -0.15) is 0 Å². The minimum atomic E-state index is -1.39. The first-order chi connectivity index (χ1) is 15.4. The van der Waals surface area contributed by atoms with Crippen LogP contribution in [-0.4, -0.2) is 40.8 Å². The van der Waals surface area contributed by atoms with Gasteiger partial charge in [0.1, 0.15) is 0 Å². The fourth-order valence-electron chi connectivity index (χ4n) is 3.95. The zero-order valence-electron chi connectivity index (χ0n) is 19.0. The Morgan fingerprint density at radius 2 is 1.88 bits per heavy atom.